The third-order valence-corrected chi connectivity index (χ3v) is 4.37. The Bertz CT molecular complexity index is 601. The van der Waals surface area contributed by atoms with Gasteiger partial charge in [0.25, 0.3) is 0 Å². The molecule has 2 unspecified atom stereocenters. The predicted molar refractivity (Wildman–Crippen MR) is 86.5 cm³/mol. The van der Waals surface area contributed by atoms with E-state index in [9.17, 15) is 0 Å². The van der Waals surface area contributed by atoms with Gasteiger partial charge in [-0.1, -0.05) is 32.0 Å². The fourth-order valence-corrected chi connectivity index (χ4v) is 3.54. The molecule has 2 aromatic rings. The minimum absolute atomic E-state index is 0.469. The Morgan fingerprint density at radius 2 is 1.90 bits per heavy atom. The number of fused-ring (bicyclic) bond motifs is 1. The number of rotatable bonds is 2. The molecule has 2 atom stereocenters. The number of hydrogen-bond donors (Lipinski definition) is 0. The van der Waals surface area contributed by atoms with Crippen LogP contribution in [0.15, 0.2) is 30.3 Å². The SMILES string of the molecule is CC1CC(C)CN(c2cc(CCl)nc3ccccc23)C1. The fourth-order valence-electron chi connectivity index (χ4n) is 3.40. The number of aromatic nitrogens is 1. The molecule has 1 aliphatic heterocycles. The molecule has 0 saturated carbocycles. The molecule has 0 bridgehead atoms. The molecule has 1 fully saturated rings. The predicted octanol–water partition coefficient (Wildman–Crippen LogP) is 4.46. The summed E-state index contributed by atoms with van der Waals surface area (Å²) in [5.41, 5.74) is 3.31. The van der Waals surface area contributed by atoms with Gasteiger partial charge in [-0.2, -0.15) is 0 Å². The first-order valence-corrected chi connectivity index (χ1v) is 7.90. The van der Waals surface area contributed by atoms with Gasteiger partial charge in [0.2, 0.25) is 0 Å². The van der Waals surface area contributed by atoms with Crippen LogP contribution < -0.4 is 4.90 Å². The molecule has 0 radical (unpaired) electrons. The lowest BCUT2D eigenvalue weighted by atomic mass is 9.91. The van der Waals surface area contributed by atoms with Crippen LogP contribution in [-0.2, 0) is 5.88 Å². The van der Waals surface area contributed by atoms with Crippen LogP contribution in [0, 0.1) is 11.8 Å². The summed E-state index contributed by atoms with van der Waals surface area (Å²) in [6.07, 6.45) is 1.32. The molecular formula is C17H21ClN2. The van der Waals surface area contributed by atoms with Crippen molar-refractivity contribution in [2.75, 3.05) is 18.0 Å². The normalized spacial score (nSPS) is 23.2. The van der Waals surface area contributed by atoms with E-state index < -0.39 is 0 Å². The summed E-state index contributed by atoms with van der Waals surface area (Å²) >= 11 is 6.01. The molecule has 1 aromatic heterocycles. The van der Waals surface area contributed by atoms with Gasteiger partial charge in [0.15, 0.2) is 0 Å². The second kappa shape index (κ2) is 5.61. The number of pyridine rings is 1. The first-order valence-electron chi connectivity index (χ1n) is 7.37. The van der Waals surface area contributed by atoms with E-state index in [1.54, 1.807) is 0 Å². The second-order valence-electron chi connectivity index (χ2n) is 6.13. The van der Waals surface area contributed by atoms with E-state index in [4.69, 9.17) is 11.6 Å². The van der Waals surface area contributed by atoms with Crippen LogP contribution in [0.3, 0.4) is 0 Å². The number of nitrogens with zero attached hydrogens (tertiary/aromatic N) is 2. The highest BCUT2D eigenvalue weighted by Gasteiger charge is 2.23. The third kappa shape index (κ3) is 2.62. The Hall–Kier alpha value is -1.28. The van der Waals surface area contributed by atoms with E-state index in [0.29, 0.717) is 5.88 Å². The van der Waals surface area contributed by atoms with E-state index in [2.05, 4.69) is 48.0 Å². The van der Waals surface area contributed by atoms with Gasteiger partial charge < -0.3 is 4.90 Å². The summed E-state index contributed by atoms with van der Waals surface area (Å²) in [6, 6.07) is 10.5. The van der Waals surface area contributed by atoms with Gasteiger partial charge in [0, 0.05) is 24.2 Å². The largest absolute Gasteiger partial charge is 0.370 e. The van der Waals surface area contributed by atoms with Crippen molar-refractivity contribution in [3.05, 3.63) is 36.0 Å². The highest BCUT2D eigenvalue weighted by Crippen LogP contribution is 2.32. The van der Waals surface area contributed by atoms with Gasteiger partial charge in [-0.3, -0.25) is 4.98 Å². The summed E-state index contributed by atoms with van der Waals surface area (Å²) in [7, 11) is 0. The van der Waals surface area contributed by atoms with Crippen molar-refractivity contribution in [2.45, 2.75) is 26.1 Å². The van der Waals surface area contributed by atoms with E-state index in [1.807, 2.05) is 6.07 Å². The molecular weight excluding hydrogens is 268 g/mol. The minimum Gasteiger partial charge on any atom is -0.370 e. The molecule has 1 saturated heterocycles. The zero-order chi connectivity index (χ0) is 14.1. The minimum atomic E-state index is 0.469. The lowest BCUT2D eigenvalue weighted by Gasteiger charge is -2.37. The Labute approximate surface area is 125 Å². The zero-order valence-corrected chi connectivity index (χ0v) is 12.9. The topological polar surface area (TPSA) is 16.1 Å². The average Bonchev–Trinajstić information content (AvgIpc) is 2.45. The maximum Gasteiger partial charge on any atom is 0.0726 e. The molecule has 106 valence electrons. The smallest absolute Gasteiger partial charge is 0.0726 e. The highest BCUT2D eigenvalue weighted by atomic mass is 35.5. The van der Waals surface area contributed by atoms with Gasteiger partial charge in [0.1, 0.15) is 0 Å². The van der Waals surface area contributed by atoms with Crippen LogP contribution in [0.25, 0.3) is 10.9 Å². The Kier molecular flexibility index (Phi) is 3.84. The number of anilines is 1. The first kappa shape index (κ1) is 13.7. The van der Waals surface area contributed by atoms with Gasteiger partial charge in [-0.05, 0) is 30.4 Å². The summed E-state index contributed by atoms with van der Waals surface area (Å²) in [5.74, 6) is 1.95. The van der Waals surface area contributed by atoms with E-state index in [-0.39, 0.29) is 0 Å². The number of hydrogen-bond acceptors (Lipinski definition) is 2. The molecule has 0 spiro atoms. The molecule has 0 aliphatic carbocycles. The van der Waals surface area contributed by atoms with Crippen molar-refractivity contribution in [3.63, 3.8) is 0 Å². The standard InChI is InChI=1S/C17H21ClN2/c1-12-7-13(2)11-20(10-12)17-8-14(9-18)19-16-6-4-3-5-15(16)17/h3-6,8,12-13H,7,9-11H2,1-2H3. The number of benzene rings is 1. The maximum absolute atomic E-state index is 6.01. The number of alkyl halides is 1. The summed E-state index contributed by atoms with van der Waals surface area (Å²) < 4.78 is 0. The van der Waals surface area contributed by atoms with E-state index in [0.717, 1.165) is 36.1 Å². The quantitative estimate of drug-likeness (QED) is 0.759. The van der Waals surface area contributed by atoms with Gasteiger partial charge in [-0.15, -0.1) is 11.6 Å². The fraction of sp³-hybridized carbons (Fsp3) is 0.471. The monoisotopic (exact) mass is 288 g/mol. The molecule has 3 rings (SSSR count). The Morgan fingerprint density at radius 1 is 1.20 bits per heavy atom. The van der Waals surface area contributed by atoms with Crippen molar-refractivity contribution in [1.29, 1.82) is 0 Å². The second-order valence-corrected chi connectivity index (χ2v) is 6.40. The van der Waals surface area contributed by atoms with Crippen LogP contribution in [-0.4, -0.2) is 18.1 Å². The Morgan fingerprint density at radius 3 is 2.60 bits per heavy atom. The molecule has 3 heteroatoms. The average molecular weight is 289 g/mol. The summed E-state index contributed by atoms with van der Waals surface area (Å²) in [6.45, 7) is 6.93. The summed E-state index contributed by atoms with van der Waals surface area (Å²) in [4.78, 5) is 7.14. The third-order valence-electron chi connectivity index (χ3n) is 4.09. The van der Waals surface area contributed by atoms with Gasteiger partial charge in [-0.25, -0.2) is 0 Å². The van der Waals surface area contributed by atoms with E-state index in [1.165, 1.54) is 17.5 Å². The number of para-hydroxylation sites is 1. The number of piperidine rings is 1. The van der Waals surface area contributed by atoms with Crippen molar-refractivity contribution in [2.24, 2.45) is 11.8 Å². The van der Waals surface area contributed by atoms with Crippen LogP contribution >= 0.6 is 11.6 Å². The molecule has 2 heterocycles. The van der Waals surface area contributed by atoms with Crippen molar-refractivity contribution in [3.8, 4) is 0 Å². The highest BCUT2D eigenvalue weighted by molar-refractivity contribution is 6.17. The first-order chi connectivity index (χ1) is 9.67. The van der Waals surface area contributed by atoms with Gasteiger partial charge in [0.05, 0.1) is 17.1 Å². The van der Waals surface area contributed by atoms with E-state index >= 15 is 0 Å². The Balaban J connectivity index is 2.09. The maximum atomic E-state index is 6.01. The van der Waals surface area contributed by atoms with Crippen LogP contribution in [0.5, 0.6) is 0 Å². The zero-order valence-electron chi connectivity index (χ0n) is 12.1. The van der Waals surface area contributed by atoms with Crippen LogP contribution in [0.2, 0.25) is 0 Å². The molecule has 1 aliphatic rings. The van der Waals surface area contributed by atoms with Crippen molar-refractivity contribution < 1.29 is 0 Å². The van der Waals surface area contributed by atoms with Crippen LogP contribution in [0.1, 0.15) is 26.0 Å². The van der Waals surface area contributed by atoms with Crippen molar-refractivity contribution in [1.82, 2.24) is 4.98 Å². The van der Waals surface area contributed by atoms with Crippen LogP contribution in [0.4, 0.5) is 5.69 Å². The molecule has 1 aromatic carbocycles. The molecule has 0 N–H and O–H groups in total. The molecule has 2 nitrogen and oxygen atoms in total. The summed E-state index contributed by atoms with van der Waals surface area (Å²) in [5, 5.41) is 1.24. The van der Waals surface area contributed by atoms with Gasteiger partial charge >= 0.3 is 0 Å². The van der Waals surface area contributed by atoms with Crippen molar-refractivity contribution >= 4 is 28.2 Å². The lowest BCUT2D eigenvalue weighted by molar-refractivity contribution is 0.357. The molecule has 0 amide bonds. The number of halogens is 1. The lowest BCUT2D eigenvalue weighted by Crippen LogP contribution is -2.38. The molecule has 20 heavy (non-hydrogen) atoms.